The zero-order chi connectivity index (χ0) is 15.9. The van der Waals surface area contributed by atoms with Gasteiger partial charge in [-0.2, -0.15) is 0 Å². The van der Waals surface area contributed by atoms with E-state index in [9.17, 15) is 0 Å². The highest BCUT2D eigenvalue weighted by molar-refractivity contribution is 7.14. The first-order valence-electron chi connectivity index (χ1n) is 7.57. The molecule has 1 heterocycles. The van der Waals surface area contributed by atoms with Gasteiger partial charge in [-0.3, -0.25) is 0 Å². The van der Waals surface area contributed by atoms with E-state index >= 15 is 0 Å². The van der Waals surface area contributed by atoms with Crippen LogP contribution in [0.15, 0.2) is 53.9 Å². The van der Waals surface area contributed by atoms with Crippen molar-refractivity contribution in [2.75, 3.05) is 5.32 Å². The van der Waals surface area contributed by atoms with Gasteiger partial charge >= 0.3 is 0 Å². The van der Waals surface area contributed by atoms with Crippen LogP contribution in [0.5, 0.6) is 0 Å². The van der Waals surface area contributed by atoms with Gasteiger partial charge in [-0.25, -0.2) is 4.98 Å². The van der Waals surface area contributed by atoms with Crippen LogP contribution in [0.25, 0.3) is 11.3 Å². The summed E-state index contributed by atoms with van der Waals surface area (Å²) in [5, 5.41) is 6.37. The third-order valence-corrected chi connectivity index (χ3v) is 4.09. The van der Waals surface area contributed by atoms with Crippen LogP contribution in [0, 0.1) is 13.8 Å². The second-order valence-corrected chi connectivity index (χ2v) is 5.69. The first-order valence-corrected chi connectivity index (χ1v) is 8.45. The molecular formula is C19H22N2S. The summed E-state index contributed by atoms with van der Waals surface area (Å²) in [6.45, 7) is 8.24. The largest absolute Gasteiger partial charge is 0.332 e. The lowest BCUT2D eigenvalue weighted by molar-refractivity contribution is 1.33. The van der Waals surface area contributed by atoms with Gasteiger partial charge in [0.2, 0.25) is 0 Å². The molecule has 22 heavy (non-hydrogen) atoms. The standard InChI is InChI=1S/C17H16N2S.C2H6/c1-12-8-9-15(10-13(12)2)18-17-19-16(11-20-17)14-6-4-3-5-7-14;1-2/h3-11H,1-2H3,(H,18,19);1-2H3. The maximum Gasteiger partial charge on any atom is 0.187 e. The van der Waals surface area contributed by atoms with E-state index in [1.165, 1.54) is 11.1 Å². The fourth-order valence-electron chi connectivity index (χ4n) is 2.02. The van der Waals surface area contributed by atoms with E-state index in [4.69, 9.17) is 0 Å². The lowest BCUT2D eigenvalue weighted by Crippen LogP contribution is -1.91. The van der Waals surface area contributed by atoms with Crippen molar-refractivity contribution in [1.29, 1.82) is 0 Å². The predicted octanol–water partition coefficient (Wildman–Crippen LogP) is 6.20. The molecule has 3 heteroatoms. The average molecular weight is 310 g/mol. The molecule has 0 atom stereocenters. The summed E-state index contributed by atoms with van der Waals surface area (Å²) in [6.07, 6.45) is 0. The monoisotopic (exact) mass is 310 g/mol. The Balaban J connectivity index is 0.000000847. The predicted molar refractivity (Wildman–Crippen MR) is 98.1 cm³/mol. The minimum atomic E-state index is 0.923. The number of nitrogens with one attached hydrogen (secondary N) is 1. The number of thiazole rings is 1. The van der Waals surface area contributed by atoms with Crippen LogP contribution in [0.3, 0.4) is 0 Å². The Labute approximate surface area is 136 Å². The maximum atomic E-state index is 4.64. The van der Waals surface area contributed by atoms with Crippen LogP contribution < -0.4 is 5.32 Å². The van der Waals surface area contributed by atoms with Crippen molar-refractivity contribution in [1.82, 2.24) is 4.98 Å². The van der Waals surface area contributed by atoms with Crippen LogP contribution in [-0.2, 0) is 0 Å². The van der Waals surface area contributed by atoms with Crippen molar-refractivity contribution in [2.45, 2.75) is 27.7 Å². The van der Waals surface area contributed by atoms with Crippen molar-refractivity contribution >= 4 is 22.2 Å². The molecule has 0 bridgehead atoms. The molecule has 0 aliphatic carbocycles. The number of anilines is 2. The molecule has 2 aromatic carbocycles. The number of aromatic nitrogens is 1. The van der Waals surface area contributed by atoms with Crippen molar-refractivity contribution in [3.63, 3.8) is 0 Å². The number of rotatable bonds is 3. The Hall–Kier alpha value is -2.13. The number of benzene rings is 2. The fourth-order valence-corrected chi connectivity index (χ4v) is 2.76. The quantitative estimate of drug-likeness (QED) is 0.623. The lowest BCUT2D eigenvalue weighted by atomic mass is 10.1. The highest BCUT2D eigenvalue weighted by atomic mass is 32.1. The van der Waals surface area contributed by atoms with Gasteiger partial charge in [0.15, 0.2) is 5.13 Å². The Morgan fingerprint density at radius 2 is 1.64 bits per heavy atom. The maximum absolute atomic E-state index is 4.64. The highest BCUT2D eigenvalue weighted by Crippen LogP contribution is 2.27. The minimum Gasteiger partial charge on any atom is -0.332 e. The minimum absolute atomic E-state index is 0.923. The van der Waals surface area contributed by atoms with Crippen molar-refractivity contribution in [3.05, 3.63) is 65.0 Å². The normalized spacial score (nSPS) is 9.82. The van der Waals surface area contributed by atoms with Crippen LogP contribution in [-0.4, -0.2) is 4.98 Å². The van der Waals surface area contributed by atoms with Crippen LogP contribution in [0.1, 0.15) is 25.0 Å². The molecule has 114 valence electrons. The molecule has 0 spiro atoms. The molecule has 3 aromatic rings. The summed E-state index contributed by atoms with van der Waals surface area (Å²) in [6, 6.07) is 16.6. The Kier molecular flexibility index (Phi) is 5.73. The van der Waals surface area contributed by atoms with E-state index in [1.54, 1.807) is 11.3 Å². The second kappa shape index (κ2) is 7.76. The Bertz CT molecular complexity index is 717. The molecule has 0 fully saturated rings. The number of hydrogen-bond donors (Lipinski definition) is 1. The molecule has 0 aliphatic rings. The SMILES string of the molecule is CC.Cc1ccc(Nc2nc(-c3ccccc3)cs2)cc1C. The molecule has 1 aromatic heterocycles. The van der Waals surface area contributed by atoms with E-state index in [-0.39, 0.29) is 0 Å². The van der Waals surface area contributed by atoms with Gasteiger partial charge in [0, 0.05) is 16.6 Å². The Morgan fingerprint density at radius 3 is 2.32 bits per heavy atom. The van der Waals surface area contributed by atoms with Gasteiger partial charge in [0.25, 0.3) is 0 Å². The molecular weight excluding hydrogens is 288 g/mol. The summed E-state index contributed by atoms with van der Waals surface area (Å²) in [7, 11) is 0. The molecule has 0 unspecified atom stereocenters. The molecule has 3 rings (SSSR count). The molecule has 0 amide bonds. The van der Waals surface area contributed by atoms with E-state index in [0.717, 1.165) is 22.1 Å². The van der Waals surface area contributed by atoms with Crippen molar-refractivity contribution < 1.29 is 0 Å². The number of aryl methyl sites for hydroxylation is 2. The Morgan fingerprint density at radius 1 is 0.909 bits per heavy atom. The summed E-state index contributed by atoms with van der Waals surface area (Å²) in [4.78, 5) is 4.64. The van der Waals surface area contributed by atoms with Crippen LogP contribution in [0.2, 0.25) is 0 Å². The third-order valence-electron chi connectivity index (χ3n) is 3.33. The van der Waals surface area contributed by atoms with Gasteiger partial charge in [-0.15, -0.1) is 11.3 Å². The molecule has 0 aliphatic heterocycles. The zero-order valence-corrected chi connectivity index (χ0v) is 14.4. The van der Waals surface area contributed by atoms with Gasteiger partial charge in [0.05, 0.1) is 5.69 Å². The molecule has 0 saturated carbocycles. The van der Waals surface area contributed by atoms with Crippen molar-refractivity contribution in [2.24, 2.45) is 0 Å². The van der Waals surface area contributed by atoms with E-state index in [0.29, 0.717) is 0 Å². The van der Waals surface area contributed by atoms with Gasteiger partial charge in [0.1, 0.15) is 0 Å². The first kappa shape index (κ1) is 16.2. The summed E-state index contributed by atoms with van der Waals surface area (Å²) in [5.74, 6) is 0. The van der Waals surface area contributed by atoms with Gasteiger partial charge in [-0.05, 0) is 37.1 Å². The molecule has 1 N–H and O–H groups in total. The zero-order valence-electron chi connectivity index (χ0n) is 13.6. The van der Waals surface area contributed by atoms with Crippen LogP contribution in [0.4, 0.5) is 10.8 Å². The average Bonchev–Trinajstić information content (AvgIpc) is 3.02. The second-order valence-electron chi connectivity index (χ2n) is 4.83. The van der Waals surface area contributed by atoms with Gasteiger partial charge in [-0.1, -0.05) is 50.2 Å². The number of nitrogens with zero attached hydrogens (tertiary/aromatic N) is 1. The number of hydrogen-bond acceptors (Lipinski definition) is 3. The lowest BCUT2D eigenvalue weighted by Gasteiger charge is -2.05. The van der Waals surface area contributed by atoms with E-state index in [1.807, 2.05) is 32.0 Å². The smallest absolute Gasteiger partial charge is 0.187 e. The molecule has 0 saturated heterocycles. The van der Waals surface area contributed by atoms with Gasteiger partial charge < -0.3 is 5.32 Å². The third kappa shape index (κ3) is 3.95. The topological polar surface area (TPSA) is 24.9 Å². The fraction of sp³-hybridized carbons (Fsp3) is 0.211. The first-order chi connectivity index (χ1) is 10.7. The summed E-state index contributed by atoms with van der Waals surface area (Å²) < 4.78 is 0. The summed E-state index contributed by atoms with van der Waals surface area (Å²) in [5.41, 5.74) is 5.84. The molecule has 0 radical (unpaired) electrons. The van der Waals surface area contributed by atoms with Crippen LogP contribution >= 0.6 is 11.3 Å². The summed E-state index contributed by atoms with van der Waals surface area (Å²) >= 11 is 1.63. The molecule has 2 nitrogen and oxygen atoms in total. The van der Waals surface area contributed by atoms with Crippen molar-refractivity contribution in [3.8, 4) is 11.3 Å². The highest BCUT2D eigenvalue weighted by Gasteiger charge is 2.04. The van der Waals surface area contributed by atoms with E-state index < -0.39 is 0 Å². The van der Waals surface area contributed by atoms with E-state index in [2.05, 4.69) is 59.9 Å².